The molecule has 0 saturated carbocycles. The van der Waals surface area contributed by atoms with Crippen molar-refractivity contribution in [2.45, 2.75) is 25.6 Å². The van der Waals surface area contributed by atoms with Crippen molar-refractivity contribution in [2.75, 3.05) is 6.54 Å². The fraction of sp³-hybridized carbons (Fsp3) is 0.455. The van der Waals surface area contributed by atoms with E-state index in [0.717, 1.165) is 0 Å². The molecule has 1 atom stereocenters. The molecule has 0 saturated heterocycles. The van der Waals surface area contributed by atoms with Crippen molar-refractivity contribution < 1.29 is 22.7 Å². The lowest BCUT2D eigenvalue weighted by Crippen LogP contribution is -2.50. The van der Waals surface area contributed by atoms with Crippen LogP contribution in [0.15, 0.2) is 18.3 Å². The minimum Gasteiger partial charge on any atom is -0.618 e. The summed E-state index contributed by atoms with van der Waals surface area (Å²) in [5.41, 5.74) is 0.896. The summed E-state index contributed by atoms with van der Waals surface area (Å²) in [5.74, 6) is -1.90. The van der Waals surface area contributed by atoms with Crippen LogP contribution in [0.3, 0.4) is 0 Å². The number of halogens is 3. The van der Waals surface area contributed by atoms with Crippen LogP contribution in [0.2, 0.25) is 0 Å². The molecule has 1 aliphatic rings. The van der Waals surface area contributed by atoms with Crippen molar-refractivity contribution in [1.82, 2.24) is 4.90 Å². The van der Waals surface area contributed by atoms with Gasteiger partial charge >= 0.3 is 12.1 Å². The number of nitrogens with zero attached hydrogens (tertiary/aromatic N) is 2. The van der Waals surface area contributed by atoms with E-state index in [1.165, 1.54) is 13.1 Å². The van der Waals surface area contributed by atoms with Crippen molar-refractivity contribution in [1.29, 1.82) is 0 Å². The van der Waals surface area contributed by atoms with E-state index in [9.17, 15) is 23.2 Å². The molecule has 0 spiro atoms. The number of alkyl halides is 3. The highest BCUT2D eigenvalue weighted by molar-refractivity contribution is 5.82. The second kappa shape index (κ2) is 4.15. The monoisotopic (exact) mass is 260 g/mol. The number of aromatic nitrogens is 1. The summed E-state index contributed by atoms with van der Waals surface area (Å²) in [6.07, 6.45) is -3.43. The molecule has 1 aromatic heterocycles. The molecule has 0 aliphatic carbocycles. The molecular formula is C11H11F3N2O2. The van der Waals surface area contributed by atoms with Gasteiger partial charge in [-0.3, -0.25) is 4.79 Å². The predicted molar refractivity (Wildman–Crippen MR) is 55.3 cm³/mol. The number of pyridine rings is 1. The molecule has 1 aromatic rings. The Morgan fingerprint density at radius 2 is 2.22 bits per heavy atom. The van der Waals surface area contributed by atoms with Crippen LogP contribution in [-0.4, -0.2) is 23.5 Å². The third kappa shape index (κ3) is 2.00. The quantitative estimate of drug-likeness (QED) is 0.522. The Morgan fingerprint density at radius 1 is 1.56 bits per heavy atom. The van der Waals surface area contributed by atoms with Crippen LogP contribution in [-0.2, 0) is 11.2 Å². The van der Waals surface area contributed by atoms with Gasteiger partial charge in [0.2, 0.25) is 5.69 Å². The molecule has 0 radical (unpaired) electrons. The molecule has 0 N–H and O–H groups in total. The smallest absolute Gasteiger partial charge is 0.471 e. The second-order valence-electron chi connectivity index (χ2n) is 4.17. The SMILES string of the molecule is CC1c2c(ccc[n+]2[O-])CCN1C(=O)C(F)(F)F. The average Bonchev–Trinajstić information content (AvgIpc) is 2.27. The molecule has 98 valence electrons. The van der Waals surface area contributed by atoms with Crippen molar-refractivity contribution in [3.8, 4) is 0 Å². The standard InChI is InChI=1S/C11H11F3N2O2/c1-7-9-8(3-2-5-16(9)18)4-6-15(7)10(17)11(12,13)14/h2-3,5,7H,4,6H2,1H3. The third-order valence-electron chi connectivity index (χ3n) is 3.07. The highest BCUT2D eigenvalue weighted by Gasteiger charge is 2.46. The minimum absolute atomic E-state index is 0.0312. The first kappa shape index (κ1) is 12.7. The highest BCUT2D eigenvalue weighted by atomic mass is 19.4. The zero-order chi connectivity index (χ0) is 13.5. The summed E-state index contributed by atoms with van der Waals surface area (Å²) in [6, 6.07) is 2.36. The molecule has 1 unspecified atom stereocenters. The Balaban J connectivity index is 2.37. The van der Waals surface area contributed by atoms with Gasteiger partial charge in [-0.1, -0.05) is 0 Å². The Labute approximate surface area is 101 Å². The van der Waals surface area contributed by atoms with Crippen molar-refractivity contribution in [3.05, 3.63) is 34.8 Å². The van der Waals surface area contributed by atoms with E-state index in [4.69, 9.17) is 0 Å². The normalized spacial score (nSPS) is 19.6. The van der Waals surface area contributed by atoms with Crippen LogP contribution in [0.5, 0.6) is 0 Å². The van der Waals surface area contributed by atoms with Gasteiger partial charge in [0.25, 0.3) is 0 Å². The van der Waals surface area contributed by atoms with E-state index in [1.807, 2.05) is 0 Å². The predicted octanol–water partition coefficient (Wildman–Crippen LogP) is 1.33. The van der Waals surface area contributed by atoms with Gasteiger partial charge < -0.3 is 10.1 Å². The Morgan fingerprint density at radius 3 is 2.83 bits per heavy atom. The number of amides is 1. The minimum atomic E-state index is -4.91. The molecule has 1 amide bonds. The number of fused-ring (bicyclic) bond motifs is 1. The maximum atomic E-state index is 12.4. The van der Waals surface area contributed by atoms with Crippen molar-refractivity contribution in [3.63, 3.8) is 0 Å². The largest absolute Gasteiger partial charge is 0.618 e. The maximum Gasteiger partial charge on any atom is 0.471 e. The fourth-order valence-corrected chi connectivity index (χ4v) is 2.23. The maximum absolute atomic E-state index is 12.4. The van der Waals surface area contributed by atoms with Gasteiger partial charge in [0, 0.05) is 18.2 Å². The Kier molecular flexibility index (Phi) is 2.92. The third-order valence-corrected chi connectivity index (χ3v) is 3.07. The number of carbonyl (C=O) groups is 1. The first-order valence-corrected chi connectivity index (χ1v) is 5.41. The van der Waals surface area contributed by atoms with Gasteiger partial charge in [0.15, 0.2) is 6.20 Å². The lowest BCUT2D eigenvalue weighted by molar-refractivity contribution is -0.617. The molecule has 0 fully saturated rings. The Hall–Kier alpha value is -1.79. The first-order valence-electron chi connectivity index (χ1n) is 5.41. The average molecular weight is 260 g/mol. The molecule has 2 rings (SSSR count). The van der Waals surface area contributed by atoms with Gasteiger partial charge in [-0.15, -0.1) is 0 Å². The molecule has 1 aliphatic heterocycles. The molecule has 0 bridgehead atoms. The lowest BCUT2D eigenvalue weighted by atomic mass is 9.98. The van der Waals surface area contributed by atoms with Crippen LogP contribution in [0, 0.1) is 5.21 Å². The van der Waals surface area contributed by atoms with Gasteiger partial charge in [-0.25, -0.2) is 0 Å². The number of rotatable bonds is 0. The molecule has 2 heterocycles. The number of hydrogen-bond donors (Lipinski definition) is 0. The molecule has 7 heteroatoms. The highest BCUT2D eigenvalue weighted by Crippen LogP contribution is 2.30. The topological polar surface area (TPSA) is 47.2 Å². The molecular weight excluding hydrogens is 249 g/mol. The zero-order valence-corrected chi connectivity index (χ0v) is 9.57. The van der Waals surface area contributed by atoms with Crippen molar-refractivity contribution >= 4 is 5.91 Å². The summed E-state index contributed by atoms with van der Waals surface area (Å²) >= 11 is 0. The van der Waals surface area contributed by atoms with E-state index in [0.29, 0.717) is 15.2 Å². The summed E-state index contributed by atoms with van der Waals surface area (Å²) < 4.78 is 37.7. The van der Waals surface area contributed by atoms with E-state index in [2.05, 4.69) is 0 Å². The van der Waals surface area contributed by atoms with Crippen LogP contribution in [0.25, 0.3) is 0 Å². The van der Waals surface area contributed by atoms with Gasteiger partial charge in [-0.05, 0) is 19.4 Å². The fourth-order valence-electron chi connectivity index (χ4n) is 2.23. The van der Waals surface area contributed by atoms with E-state index in [1.54, 1.807) is 12.1 Å². The summed E-state index contributed by atoms with van der Waals surface area (Å²) in [4.78, 5) is 11.9. The summed E-state index contributed by atoms with van der Waals surface area (Å²) in [5, 5.41) is 11.6. The van der Waals surface area contributed by atoms with Crippen LogP contribution < -0.4 is 4.73 Å². The molecule has 18 heavy (non-hydrogen) atoms. The lowest BCUT2D eigenvalue weighted by Gasteiger charge is -2.33. The van der Waals surface area contributed by atoms with E-state index < -0.39 is 18.1 Å². The summed E-state index contributed by atoms with van der Waals surface area (Å²) in [6.45, 7) is 1.40. The number of hydrogen-bond acceptors (Lipinski definition) is 2. The number of carbonyl (C=O) groups excluding carboxylic acids is 1. The van der Waals surface area contributed by atoms with Gasteiger partial charge in [0.1, 0.15) is 6.04 Å². The van der Waals surface area contributed by atoms with E-state index >= 15 is 0 Å². The second-order valence-corrected chi connectivity index (χ2v) is 4.17. The molecule has 0 aromatic carbocycles. The van der Waals surface area contributed by atoms with Gasteiger partial charge in [0.05, 0.1) is 0 Å². The summed E-state index contributed by atoms with van der Waals surface area (Å²) in [7, 11) is 0. The van der Waals surface area contributed by atoms with E-state index in [-0.39, 0.29) is 18.7 Å². The van der Waals surface area contributed by atoms with Gasteiger partial charge in [-0.2, -0.15) is 17.9 Å². The van der Waals surface area contributed by atoms with Crippen LogP contribution in [0.4, 0.5) is 13.2 Å². The first-order chi connectivity index (χ1) is 8.32. The zero-order valence-electron chi connectivity index (χ0n) is 9.57. The molecule has 4 nitrogen and oxygen atoms in total. The van der Waals surface area contributed by atoms with Crippen LogP contribution in [0.1, 0.15) is 24.2 Å². The van der Waals surface area contributed by atoms with Crippen molar-refractivity contribution in [2.24, 2.45) is 0 Å². The Bertz CT molecular complexity index is 488. The van der Waals surface area contributed by atoms with Crippen LogP contribution >= 0.6 is 0 Å².